The Hall–Kier alpha value is -1.10. The van der Waals surface area contributed by atoms with Crippen LogP contribution in [0.2, 0.25) is 0 Å². The highest BCUT2D eigenvalue weighted by molar-refractivity contribution is 8.01. The molecule has 0 heterocycles. The number of anilines is 1. The zero-order chi connectivity index (χ0) is 10.6. The summed E-state index contributed by atoms with van der Waals surface area (Å²) in [5.41, 5.74) is -2.98. The monoisotopic (exact) mass is 219 g/mol. The zero-order valence-corrected chi connectivity index (χ0v) is 7.95. The Morgan fingerprint density at radius 2 is 1.79 bits per heavy atom. The van der Waals surface area contributed by atoms with Gasteiger partial charge < -0.3 is 4.72 Å². The molecule has 0 amide bonds. The van der Waals surface area contributed by atoms with Crippen molar-refractivity contribution in [3.63, 3.8) is 0 Å². The maximum atomic E-state index is 11.8. The van der Waals surface area contributed by atoms with E-state index in [1.54, 1.807) is 30.3 Å². The van der Waals surface area contributed by atoms with Crippen molar-refractivity contribution in [1.29, 1.82) is 0 Å². The van der Waals surface area contributed by atoms with Crippen LogP contribution in [0.15, 0.2) is 30.8 Å². The maximum absolute atomic E-state index is 11.8. The van der Waals surface area contributed by atoms with Crippen LogP contribution in [-0.2, 0) is 0 Å². The van der Waals surface area contributed by atoms with Crippen LogP contribution >= 0.6 is 11.9 Å². The van der Waals surface area contributed by atoms with E-state index in [9.17, 15) is 13.2 Å². The lowest BCUT2D eigenvalue weighted by Gasteiger charge is -2.07. The van der Waals surface area contributed by atoms with Crippen LogP contribution in [-0.4, -0.2) is 5.51 Å². The number of benzene rings is 1. The summed E-state index contributed by atoms with van der Waals surface area (Å²) in [4.78, 5) is 0. The van der Waals surface area contributed by atoms with Crippen molar-refractivity contribution in [2.75, 3.05) is 4.72 Å². The summed E-state index contributed by atoms with van der Waals surface area (Å²) in [5.74, 6) is 0. The summed E-state index contributed by atoms with van der Waals surface area (Å²) in [6.07, 6.45) is 1.63. The number of halogens is 3. The molecule has 1 aromatic rings. The molecule has 76 valence electrons. The van der Waals surface area contributed by atoms with Crippen LogP contribution in [0.1, 0.15) is 5.56 Å². The molecule has 0 aliphatic carbocycles. The molecule has 0 aliphatic rings. The molecule has 0 fully saturated rings. The minimum Gasteiger partial charge on any atom is -0.323 e. The number of hydrogen-bond donors (Lipinski definition) is 1. The molecule has 0 radical (unpaired) electrons. The topological polar surface area (TPSA) is 12.0 Å². The molecule has 1 rings (SSSR count). The first-order chi connectivity index (χ1) is 6.51. The molecule has 0 atom stereocenters. The average Bonchev–Trinajstić information content (AvgIpc) is 2.14. The summed E-state index contributed by atoms with van der Waals surface area (Å²) >= 11 is -0.276. The first kappa shape index (κ1) is 11.0. The van der Waals surface area contributed by atoms with Gasteiger partial charge in [-0.3, -0.25) is 0 Å². The molecule has 0 aliphatic heterocycles. The lowest BCUT2D eigenvalue weighted by molar-refractivity contribution is -0.0323. The van der Waals surface area contributed by atoms with Crippen molar-refractivity contribution in [2.24, 2.45) is 0 Å². The van der Waals surface area contributed by atoms with Gasteiger partial charge in [0.2, 0.25) is 0 Å². The van der Waals surface area contributed by atoms with Crippen molar-refractivity contribution in [3.05, 3.63) is 36.4 Å². The highest BCUT2D eigenvalue weighted by atomic mass is 32.2. The molecular weight excluding hydrogens is 211 g/mol. The first-order valence-electron chi connectivity index (χ1n) is 3.74. The Morgan fingerprint density at radius 3 is 2.21 bits per heavy atom. The summed E-state index contributed by atoms with van der Waals surface area (Å²) in [7, 11) is 0. The van der Waals surface area contributed by atoms with Gasteiger partial charge in [0.05, 0.1) is 11.9 Å². The summed E-state index contributed by atoms with van der Waals surface area (Å²) in [6.45, 7) is 3.54. The molecular formula is C9H8F3NS. The molecule has 5 heteroatoms. The van der Waals surface area contributed by atoms with Crippen LogP contribution in [0.5, 0.6) is 0 Å². The molecule has 0 saturated carbocycles. The van der Waals surface area contributed by atoms with E-state index >= 15 is 0 Å². The van der Waals surface area contributed by atoms with Gasteiger partial charge in [-0.2, -0.15) is 13.2 Å². The van der Waals surface area contributed by atoms with E-state index in [1.165, 1.54) is 0 Å². The van der Waals surface area contributed by atoms with E-state index in [-0.39, 0.29) is 11.9 Å². The number of rotatable bonds is 3. The predicted octanol–water partition coefficient (Wildman–Crippen LogP) is 3.91. The predicted molar refractivity (Wildman–Crippen MR) is 53.8 cm³/mol. The van der Waals surface area contributed by atoms with E-state index in [1.807, 2.05) is 0 Å². The Balaban J connectivity index is 2.56. The molecule has 0 saturated heterocycles. The van der Waals surface area contributed by atoms with Crippen molar-refractivity contribution < 1.29 is 13.2 Å². The van der Waals surface area contributed by atoms with Gasteiger partial charge in [-0.05, 0) is 17.7 Å². The van der Waals surface area contributed by atoms with Crippen LogP contribution in [0, 0.1) is 0 Å². The number of nitrogens with one attached hydrogen (secondary N) is 1. The number of hydrogen-bond acceptors (Lipinski definition) is 2. The summed E-state index contributed by atoms with van der Waals surface area (Å²) < 4.78 is 37.5. The highest BCUT2D eigenvalue weighted by Crippen LogP contribution is 2.30. The third kappa shape index (κ3) is 3.74. The van der Waals surface area contributed by atoms with Gasteiger partial charge in [-0.1, -0.05) is 24.8 Å². The molecule has 0 spiro atoms. The highest BCUT2D eigenvalue weighted by Gasteiger charge is 2.28. The van der Waals surface area contributed by atoms with Crippen molar-refractivity contribution in [2.45, 2.75) is 5.51 Å². The van der Waals surface area contributed by atoms with E-state index in [0.29, 0.717) is 5.69 Å². The largest absolute Gasteiger partial charge is 0.461 e. The Kier molecular flexibility index (Phi) is 3.46. The Bertz CT molecular complexity index is 305. The fourth-order valence-electron chi connectivity index (χ4n) is 0.804. The van der Waals surface area contributed by atoms with E-state index in [2.05, 4.69) is 11.3 Å². The Morgan fingerprint density at radius 1 is 1.21 bits per heavy atom. The van der Waals surface area contributed by atoms with Crippen molar-refractivity contribution >= 4 is 23.7 Å². The van der Waals surface area contributed by atoms with Crippen LogP contribution < -0.4 is 4.72 Å². The lowest BCUT2D eigenvalue weighted by Crippen LogP contribution is -2.04. The zero-order valence-electron chi connectivity index (χ0n) is 7.14. The molecule has 0 bridgehead atoms. The normalized spacial score (nSPS) is 11.1. The van der Waals surface area contributed by atoms with Crippen molar-refractivity contribution in [1.82, 2.24) is 0 Å². The third-order valence-corrected chi connectivity index (χ3v) is 2.00. The van der Waals surface area contributed by atoms with Crippen LogP contribution in [0.3, 0.4) is 0 Å². The Labute approximate surface area is 84.1 Å². The minimum atomic E-state index is -4.27. The van der Waals surface area contributed by atoms with Crippen LogP contribution in [0.4, 0.5) is 18.9 Å². The minimum absolute atomic E-state index is 0.276. The van der Waals surface area contributed by atoms with Gasteiger partial charge in [0.15, 0.2) is 0 Å². The first-order valence-corrected chi connectivity index (χ1v) is 4.56. The standard InChI is InChI=1S/C9H8F3NS/c1-2-7-3-5-8(6-4-7)13-14-9(10,11)12/h2-6,13H,1H2. The van der Waals surface area contributed by atoms with Gasteiger partial charge in [0.1, 0.15) is 0 Å². The lowest BCUT2D eigenvalue weighted by atomic mass is 10.2. The maximum Gasteiger partial charge on any atom is 0.461 e. The fraction of sp³-hybridized carbons (Fsp3) is 0.111. The van der Waals surface area contributed by atoms with Gasteiger partial charge in [-0.15, -0.1) is 0 Å². The molecule has 0 unspecified atom stereocenters. The van der Waals surface area contributed by atoms with Gasteiger partial charge in [0, 0.05) is 5.69 Å². The van der Waals surface area contributed by atoms with E-state index in [0.717, 1.165) is 5.56 Å². The van der Waals surface area contributed by atoms with E-state index in [4.69, 9.17) is 0 Å². The van der Waals surface area contributed by atoms with E-state index < -0.39 is 5.51 Å². The molecule has 1 N–H and O–H groups in total. The average molecular weight is 219 g/mol. The summed E-state index contributed by atoms with van der Waals surface area (Å²) in [5, 5.41) is 0. The molecule has 0 aromatic heterocycles. The second kappa shape index (κ2) is 4.41. The fourth-order valence-corrected chi connectivity index (χ4v) is 1.17. The molecule has 1 nitrogen and oxygen atoms in total. The van der Waals surface area contributed by atoms with Crippen LogP contribution in [0.25, 0.3) is 6.08 Å². The van der Waals surface area contributed by atoms with Gasteiger partial charge in [-0.25, -0.2) is 0 Å². The third-order valence-electron chi connectivity index (χ3n) is 1.43. The van der Waals surface area contributed by atoms with Gasteiger partial charge in [0.25, 0.3) is 0 Å². The van der Waals surface area contributed by atoms with Crippen molar-refractivity contribution in [3.8, 4) is 0 Å². The molecule has 14 heavy (non-hydrogen) atoms. The number of alkyl halides is 3. The molecule has 1 aromatic carbocycles. The second-order valence-corrected chi connectivity index (χ2v) is 3.35. The summed E-state index contributed by atoms with van der Waals surface area (Å²) in [6, 6.07) is 6.50. The van der Waals surface area contributed by atoms with Gasteiger partial charge >= 0.3 is 5.51 Å². The second-order valence-electron chi connectivity index (χ2n) is 2.48. The quantitative estimate of drug-likeness (QED) is 0.773. The SMILES string of the molecule is C=Cc1ccc(NSC(F)(F)F)cc1. The smallest absolute Gasteiger partial charge is 0.323 e.